The van der Waals surface area contributed by atoms with Crippen LogP contribution in [-0.2, 0) is 15.8 Å². The number of benzene rings is 1. The second-order valence-corrected chi connectivity index (χ2v) is 7.84. The molecule has 1 aromatic carbocycles. The van der Waals surface area contributed by atoms with Gasteiger partial charge in [0, 0.05) is 13.1 Å². The molecule has 20 heavy (non-hydrogen) atoms. The third-order valence-electron chi connectivity index (χ3n) is 4.20. The Morgan fingerprint density at radius 2 is 1.70 bits per heavy atom. The van der Waals surface area contributed by atoms with E-state index in [0.717, 1.165) is 25.7 Å². The first-order valence-corrected chi connectivity index (χ1v) is 8.69. The van der Waals surface area contributed by atoms with Crippen LogP contribution in [0.15, 0.2) is 24.3 Å². The molecule has 0 unspecified atom stereocenters. The lowest BCUT2D eigenvalue weighted by Crippen LogP contribution is -2.39. The summed E-state index contributed by atoms with van der Waals surface area (Å²) in [6.07, 6.45) is 4.03. The Kier molecular flexibility index (Phi) is 4.81. The van der Waals surface area contributed by atoms with E-state index in [-0.39, 0.29) is 17.6 Å². The van der Waals surface area contributed by atoms with Crippen molar-refractivity contribution in [3.05, 3.63) is 35.6 Å². The van der Waals surface area contributed by atoms with Crippen LogP contribution in [0.5, 0.6) is 0 Å². The van der Waals surface area contributed by atoms with E-state index in [1.807, 2.05) is 0 Å². The molecule has 0 aromatic heterocycles. The highest BCUT2D eigenvalue weighted by molar-refractivity contribution is 7.88. The van der Waals surface area contributed by atoms with Gasteiger partial charge in [-0.15, -0.1) is 0 Å². The molecule has 0 atom stereocenters. The van der Waals surface area contributed by atoms with E-state index < -0.39 is 10.0 Å². The molecular formula is C15H22FNO2S. The van der Waals surface area contributed by atoms with Gasteiger partial charge in [-0.1, -0.05) is 19.1 Å². The monoisotopic (exact) mass is 299 g/mol. The molecule has 0 amide bonds. The molecule has 2 rings (SSSR count). The van der Waals surface area contributed by atoms with E-state index in [4.69, 9.17) is 0 Å². The van der Waals surface area contributed by atoms with Crippen molar-refractivity contribution in [3.8, 4) is 0 Å². The number of halogens is 1. The molecule has 1 aromatic rings. The lowest BCUT2D eigenvalue weighted by molar-refractivity contribution is 0.246. The summed E-state index contributed by atoms with van der Waals surface area (Å²) in [5.74, 6) is 0.288. The number of hydrogen-bond donors (Lipinski definition) is 0. The fourth-order valence-electron chi connectivity index (χ4n) is 2.73. The average molecular weight is 299 g/mol. The lowest BCUT2D eigenvalue weighted by Gasteiger charge is -2.32. The number of sulfonamides is 1. The Morgan fingerprint density at radius 1 is 1.15 bits per heavy atom. The maximum Gasteiger partial charge on any atom is 0.218 e. The van der Waals surface area contributed by atoms with E-state index in [1.165, 1.54) is 28.6 Å². The van der Waals surface area contributed by atoms with Crippen molar-refractivity contribution < 1.29 is 12.8 Å². The van der Waals surface area contributed by atoms with Gasteiger partial charge in [-0.3, -0.25) is 0 Å². The zero-order valence-electron chi connectivity index (χ0n) is 12.0. The first-order chi connectivity index (χ1) is 9.38. The first kappa shape index (κ1) is 15.4. The van der Waals surface area contributed by atoms with Gasteiger partial charge in [0.05, 0.1) is 5.75 Å². The quantitative estimate of drug-likeness (QED) is 0.856. The zero-order chi connectivity index (χ0) is 14.8. The first-order valence-electron chi connectivity index (χ1n) is 7.08. The predicted molar refractivity (Wildman–Crippen MR) is 78.2 cm³/mol. The van der Waals surface area contributed by atoms with Crippen molar-refractivity contribution in [1.82, 2.24) is 4.31 Å². The smallest absolute Gasteiger partial charge is 0.212 e. The summed E-state index contributed by atoms with van der Waals surface area (Å²) in [5, 5.41) is 0. The summed E-state index contributed by atoms with van der Waals surface area (Å²) < 4.78 is 39.2. The molecule has 112 valence electrons. The highest BCUT2D eigenvalue weighted by Crippen LogP contribution is 2.28. The van der Waals surface area contributed by atoms with Crippen LogP contribution in [-0.4, -0.2) is 25.8 Å². The second kappa shape index (κ2) is 6.22. The molecule has 0 N–H and O–H groups in total. The van der Waals surface area contributed by atoms with Crippen LogP contribution >= 0.6 is 0 Å². The Labute approximate surface area is 120 Å². The highest BCUT2D eigenvalue weighted by atomic mass is 32.2. The number of hydrogen-bond acceptors (Lipinski definition) is 2. The van der Waals surface area contributed by atoms with E-state index in [9.17, 15) is 12.8 Å². The van der Waals surface area contributed by atoms with Crippen molar-refractivity contribution >= 4 is 10.0 Å². The normalized spacial score (nSPS) is 24.0. The van der Waals surface area contributed by atoms with E-state index in [0.29, 0.717) is 11.5 Å². The van der Waals surface area contributed by atoms with Crippen LogP contribution in [0.3, 0.4) is 0 Å². The van der Waals surface area contributed by atoms with Crippen molar-refractivity contribution in [2.45, 2.75) is 44.4 Å². The number of nitrogens with zero attached hydrogens (tertiary/aromatic N) is 1. The van der Waals surface area contributed by atoms with Gasteiger partial charge in [-0.2, -0.15) is 0 Å². The van der Waals surface area contributed by atoms with Gasteiger partial charge in [0.15, 0.2) is 0 Å². The minimum absolute atomic E-state index is 0.0597. The van der Waals surface area contributed by atoms with Crippen molar-refractivity contribution in [3.63, 3.8) is 0 Å². The standard InChI is InChI=1S/C15H22FNO2S/c1-12-3-9-15(10-4-12)17(2)20(18,19)11-13-5-7-14(16)8-6-13/h5-8,12,15H,3-4,9-11H2,1-2H3. The topological polar surface area (TPSA) is 37.4 Å². The Hall–Kier alpha value is -0.940. The zero-order valence-corrected chi connectivity index (χ0v) is 12.9. The maximum absolute atomic E-state index is 12.8. The summed E-state index contributed by atoms with van der Waals surface area (Å²) in [7, 11) is -1.67. The molecule has 0 bridgehead atoms. The van der Waals surface area contributed by atoms with Gasteiger partial charge in [0.2, 0.25) is 10.0 Å². The Bertz CT molecular complexity index is 533. The maximum atomic E-state index is 12.8. The minimum Gasteiger partial charge on any atom is -0.212 e. The Morgan fingerprint density at radius 3 is 2.25 bits per heavy atom. The molecule has 3 nitrogen and oxygen atoms in total. The van der Waals surface area contributed by atoms with E-state index in [1.54, 1.807) is 7.05 Å². The molecular weight excluding hydrogens is 277 g/mol. The van der Waals surface area contributed by atoms with Gasteiger partial charge in [-0.25, -0.2) is 17.1 Å². The average Bonchev–Trinajstić information content (AvgIpc) is 2.41. The largest absolute Gasteiger partial charge is 0.218 e. The summed E-state index contributed by atoms with van der Waals surface area (Å²) >= 11 is 0. The van der Waals surface area contributed by atoms with Gasteiger partial charge in [-0.05, 0) is 49.3 Å². The second-order valence-electron chi connectivity index (χ2n) is 5.81. The molecule has 1 aliphatic rings. The van der Waals surface area contributed by atoms with Gasteiger partial charge < -0.3 is 0 Å². The molecule has 0 spiro atoms. The summed E-state index contributed by atoms with van der Waals surface area (Å²) in [6.45, 7) is 2.21. The van der Waals surface area contributed by atoms with Crippen LogP contribution in [0.1, 0.15) is 38.2 Å². The summed E-state index contributed by atoms with van der Waals surface area (Å²) in [5.41, 5.74) is 0.627. The van der Waals surface area contributed by atoms with Gasteiger partial charge in [0.1, 0.15) is 5.82 Å². The molecule has 1 fully saturated rings. The fraction of sp³-hybridized carbons (Fsp3) is 0.600. The van der Waals surface area contributed by atoms with E-state index >= 15 is 0 Å². The predicted octanol–water partition coefficient (Wildman–Crippen LogP) is 3.17. The van der Waals surface area contributed by atoms with Crippen LogP contribution in [0.4, 0.5) is 4.39 Å². The molecule has 0 aliphatic heterocycles. The lowest BCUT2D eigenvalue weighted by atomic mass is 9.87. The van der Waals surface area contributed by atoms with Crippen LogP contribution in [0.25, 0.3) is 0 Å². The minimum atomic E-state index is -3.33. The molecule has 1 saturated carbocycles. The fourth-order valence-corrected chi connectivity index (χ4v) is 4.21. The van der Waals surface area contributed by atoms with Gasteiger partial charge >= 0.3 is 0 Å². The van der Waals surface area contributed by atoms with Crippen molar-refractivity contribution in [2.24, 2.45) is 5.92 Å². The molecule has 5 heteroatoms. The molecule has 0 radical (unpaired) electrons. The van der Waals surface area contributed by atoms with Gasteiger partial charge in [0.25, 0.3) is 0 Å². The molecule has 1 aliphatic carbocycles. The van der Waals surface area contributed by atoms with Crippen molar-refractivity contribution in [1.29, 1.82) is 0 Å². The molecule has 0 saturated heterocycles. The third-order valence-corrected chi connectivity index (χ3v) is 6.07. The van der Waals surface area contributed by atoms with Crippen LogP contribution < -0.4 is 0 Å². The van der Waals surface area contributed by atoms with E-state index in [2.05, 4.69) is 6.92 Å². The summed E-state index contributed by atoms with van der Waals surface area (Å²) in [6, 6.07) is 5.77. The van der Waals surface area contributed by atoms with Crippen LogP contribution in [0, 0.1) is 11.7 Å². The van der Waals surface area contributed by atoms with Crippen molar-refractivity contribution in [2.75, 3.05) is 7.05 Å². The van der Waals surface area contributed by atoms with Crippen LogP contribution in [0.2, 0.25) is 0 Å². The third kappa shape index (κ3) is 3.79. The number of rotatable bonds is 4. The SMILES string of the molecule is CC1CCC(N(C)S(=O)(=O)Cc2ccc(F)cc2)CC1. The molecule has 0 heterocycles. The highest BCUT2D eigenvalue weighted by Gasteiger charge is 2.29. The summed E-state index contributed by atoms with van der Waals surface area (Å²) in [4.78, 5) is 0. The Balaban J connectivity index is 2.04.